The Morgan fingerprint density at radius 2 is 2.05 bits per heavy atom. The molecule has 1 heterocycles. The first-order valence-corrected chi connectivity index (χ1v) is 6.31. The lowest BCUT2D eigenvalue weighted by molar-refractivity contribution is 0.623. The Labute approximate surface area is 119 Å². The average Bonchev–Trinajstić information content (AvgIpc) is 2.49. The van der Waals surface area contributed by atoms with Crippen LogP contribution >= 0.6 is 0 Å². The average molecular weight is 279 g/mol. The van der Waals surface area contributed by atoms with E-state index in [1.54, 1.807) is 18.2 Å². The normalized spacial score (nSPS) is 10.5. The maximum Gasteiger partial charge on any atom is 0.269 e. The second-order valence-corrected chi connectivity index (χ2v) is 4.63. The molecule has 0 unspecified atom stereocenters. The van der Waals surface area contributed by atoms with Gasteiger partial charge in [-0.1, -0.05) is 12.1 Å². The third-order valence-corrected chi connectivity index (χ3v) is 3.18. The molecule has 0 bridgehead atoms. The van der Waals surface area contributed by atoms with Crippen LogP contribution in [0, 0.1) is 17.1 Å². The second kappa shape index (κ2) is 5.17. The fourth-order valence-electron chi connectivity index (χ4n) is 2.27. The molecule has 0 atom stereocenters. The van der Waals surface area contributed by atoms with E-state index in [-0.39, 0.29) is 17.7 Å². The number of halogens is 1. The van der Waals surface area contributed by atoms with E-state index in [2.05, 4.69) is 4.98 Å². The van der Waals surface area contributed by atoms with Crippen molar-refractivity contribution in [1.82, 2.24) is 9.55 Å². The fraction of sp³-hybridized carbons (Fsp3) is 0.0625. The van der Waals surface area contributed by atoms with Gasteiger partial charge < -0.3 is 4.57 Å². The van der Waals surface area contributed by atoms with Crippen LogP contribution in [0.5, 0.6) is 0 Å². The van der Waals surface area contributed by atoms with Crippen LogP contribution in [0.25, 0.3) is 11.0 Å². The van der Waals surface area contributed by atoms with Gasteiger partial charge in [0.25, 0.3) is 5.56 Å². The highest BCUT2D eigenvalue weighted by atomic mass is 19.1. The van der Waals surface area contributed by atoms with Crippen LogP contribution in [0.4, 0.5) is 4.39 Å². The third-order valence-electron chi connectivity index (χ3n) is 3.18. The summed E-state index contributed by atoms with van der Waals surface area (Å²) < 4.78 is 15.0. The molecule has 0 saturated carbocycles. The van der Waals surface area contributed by atoms with E-state index in [4.69, 9.17) is 5.26 Å². The zero-order chi connectivity index (χ0) is 14.8. The molecule has 0 radical (unpaired) electrons. The van der Waals surface area contributed by atoms with Gasteiger partial charge in [-0.3, -0.25) is 4.79 Å². The molecule has 0 spiro atoms. The summed E-state index contributed by atoms with van der Waals surface area (Å²) in [4.78, 5) is 16.1. The van der Waals surface area contributed by atoms with Gasteiger partial charge >= 0.3 is 0 Å². The molecular weight excluding hydrogens is 269 g/mol. The second-order valence-electron chi connectivity index (χ2n) is 4.63. The minimum absolute atomic E-state index is 0.189. The van der Waals surface area contributed by atoms with Crippen LogP contribution < -0.4 is 5.56 Å². The van der Waals surface area contributed by atoms with E-state index >= 15 is 0 Å². The minimum atomic E-state index is -0.490. The SMILES string of the molecule is N#Cc1cc(F)cc(Cn2c(=O)cnc3ccccc32)c1. The molecule has 0 fully saturated rings. The molecule has 4 nitrogen and oxygen atoms in total. The Balaban J connectivity index is 2.14. The Bertz CT molecular complexity index is 925. The molecule has 0 N–H and O–H groups in total. The zero-order valence-electron chi connectivity index (χ0n) is 11.0. The van der Waals surface area contributed by atoms with Gasteiger partial charge in [-0.2, -0.15) is 5.26 Å². The highest BCUT2D eigenvalue weighted by Gasteiger charge is 2.06. The molecule has 0 saturated heterocycles. The largest absolute Gasteiger partial charge is 0.301 e. The summed E-state index contributed by atoms with van der Waals surface area (Å²) in [5.41, 5.74) is 1.89. The van der Waals surface area contributed by atoms with Crippen LogP contribution in [0.15, 0.2) is 53.5 Å². The van der Waals surface area contributed by atoms with E-state index < -0.39 is 5.82 Å². The standard InChI is InChI=1S/C16H10FN3O/c17-13-6-11(8-18)5-12(7-13)10-20-15-4-2-1-3-14(15)19-9-16(20)21/h1-7,9H,10H2. The molecule has 3 aromatic rings. The number of hydrogen-bond donors (Lipinski definition) is 0. The van der Waals surface area contributed by atoms with Gasteiger partial charge in [0, 0.05) is 0 Å². The monoisotopic (exact) mass is 279 g/mol. The molecule has 0 aliphatic carbocycles. The summed E-state index contributed by atoms with van der Waals surface area (Å²) in [7, 11) is 0. The van der Waals surface area contributed by atoms with E-state index in [1.165, 1.54) is 16.8 Å². The van der Waals surface area contributed by atoms with Crippen molar-refractivity contribution >= 4 is 11.0 Å². The van der Waals surface area contributed by atoms with Gasteiger partial charge in [0.15, 0.2) is 0 Å². The lowest BCUT2D eigenvalue weighted by atomic mass is 10.1. The van der Waals surface area contributed by atoms with Crippen molar-refractivity contribution in [3.05, 3.63) is 76.0 Å². The van der Waals surface area contributed by atoms with Gasteiger partial charge in [-0.15, -0.1) is 0 Å². The minimum Gasteiger partial charge on any atom is -0.301 e. The first kappa shape index (κ1) is 13.0. The first-order chi connectivity index (χ1) is 10.2. The molecule has 2 aromatic carbocycles. The summed E-state index contributed by atoms with van der Waals surface area (Å²) in [6.45, 7) is 0.189. The molecule has 0 aliphatic heterocycles. The van der Waals surface area contributed by atoms with Crippen molar-refractivity contribution in [3.63, 3.8) is 0 Å². The Hall–Kier alpha value is -3.00. The van der Waals surface area contributed by atoms with Gasteiger partial charge in [-0.25, -0.2) is 9.37 Å². The van der Waals surface area contributed by atoms with Crippen LogP contribution in [0.1, 0.15) is 11.1 Å². The van der Waals surface area contributed by atoms with E-state index in [0.717, 1.165) is 6.07 Å². The summed E-state index contributed by atoms with van der Waals surface area (Å²) in [6.07, 6.45) is 1.24. The van der Waals surface area contributed by atoms with Crippen LogP contribution in [0.2, 0.25) is 0 Å². The van der Waals surface area contributed by atoms with Crippen molar-refractivity contribution in [2.75, 3.05) is 0 Å². The number of fused-ring (bicyclic) bond motifs is 1. The molecular formula is C16H10FN3O. The quantitative estimate of drug-likeness (QED) is 0.724. The van der Waals surface area contributed by atoms with Gasteiger partial charge in [-0.05, 0) is 35.9 Å². The molecule has 0 aliphatic rings. The number of rotatable bonds is 2. The number of nitriles is 1. The third kappa shape index (κ3) is 2.51. The maximum absolute atomic E-state index is 13.5. The van der Waals surface area contributed by atoms with Gasteiger partial charge in [0.05, 0.1) is 35.4 Å². The van der Waals surface area contributed by atoms with Gasteiger partial charge in [0.1, 0.15) is 5.82 Å². The number of hydrogen-bond acceptors (Lipinski definition) is 3. The molecule has 5 heteroatoms. The highest BCUT2D eigenvalue weighted by Crippen LogP contribution is 2.13. The van der Waals surface area contributed by atoms with Crippen molar-refractivity contribution in [3.8, 4) is 6.07 Å². The smallest absolute Gasteiger partial charge is 0.269 e. The lowest BCUT2D eigenvalue weighted by Crippen LogP contribution is -2.21. The van der Waals surface area contributed by atoms with E-state index in [1.807, 2.05) is 18.2 Å². The van der Waals surface area contributed by atoms with Gasteiger partial charge in [0.2, 0.25) is 0 Å². The molecule has 21 heavy (non-hydrogen) atoms. The summed E-state index contributed by atoms with van der Waals surface area (Å²) in [5.74, 6) is -0.490. The topological polar surface area (TPSA) is 58.7 Å². The number of benzene rings is 2. The highest BCUT2D eigenvalue weighted by molar-refractivity contribution is 5.74. The van der Waals surface area contributed by atoms with E-state index in [9.17, 15) is 9.18 Å². The molecule has 1 aromatic heterocycles. The molecule has 102 valence electrons. The van der Waals surface area contributed by atoms with E-state index in [0.29, 0.717) is 16.6 Å². The van der Waals surface area contributed by atoms with Crippen LogP contribution in [-0.4, -0.2) is 9.55 Å². The molecule has 0 amide bonds. The first-order valence-electron chi connectivity index (χ1n) is 6.31. The lowest BCUT2D eigenvalue weighted by Gasteiger charge is -2.09. The van der Waals surface area contributed by atoms with Crippen molar-refractivity contribution in [1.29, 1.82) is 5.26 Å². The Morgan fingerprint density at radius 3 is 2.86 bits per heavy atom. The predicted octanol–water partition coefficient (Wildman–Crippen LogP) is 2.46. The number of nitrogens with zero attached hydrogens (tertiary/aromatic N) is 3. The van der Waals surface area contributed by atoms with Crippen molar-refractivity contribution in [2.24, 2.45) is 0 Å². The summed E-state index contributed by atoms with van der Waals surface area (Å²) >= 11 is 0. The van der Waals surface area contributed by atoms with Crippen LogP contribution in [-0.2, 0) is 6.54 Å². The summed E-state index contributed by atoms with van der Waals surface area (Å²) in [6, 6.07) is 13.2. The predicted molar refractivity (Wildman–Crippen MR) is 76.2 cm³/mol. The molecule has 3 rings (SSSR count). The zero-order valence-corrected chi connectivity index (χ0v) is 11.0. The van der Waals surface area contributed by atoms with Crippen molar-refractivity contribution < 1.29 is 4.39 Å². The summed E-state index contributed by atoms with van der Waals surface area (Å²) in [5, 5.41) is 8.88. The Morgan fingerprint density at radius 1 is 1.24 bits per heavy atom. The number of para-hydroxylation sites is 2. The fourth-order valence-corrected chi connectivity index (χ4v) is 2.27. The maximum atomic E-state index is 13.5. The number of aromatic nitrogens is 2. The van der Waals surface area contributed by atoms with Crippen LogP contribution in [0.3, 0.4) is 0 Å². The Kier molecular flexibility index (Phi) is 3.20. The van der Waals surface area contributed by atoms with Crippen molar-refractivity contribution in [2.45, 2.75) is 6.54 Å².